The Bertz CT molecular complexity index is 491. The van der Waals surface area contributed by atoms with E-state index >= 15 is 0 Å². The first-order chi connectivity index (χ1) is 7.68. The van der Waals surface area contributed by atoms with Crippen molar-refractivity contribution < 1.29 is 4.57 Å². The summed E-state index contributed by atoms with van der Waals surface area (Å²) in [5.74, 6) is 0. The van der Waals surface area contributed by atoms with E-state index in [-0.39, 0.29) is 0 Å². The molecule has 2 aromatic rings. The molecule has 0 saturated carbocycles. The third kappa shape index (κ3) is 2.62. The maximum absolute atomic E-state index is 12.6. The third-order valence-corrected chi connectivity index (χ3v) is 4.99. The van der Waals surface area contributed by atoms with Crippen LogP contribution in [0.1, 0.15) is 5.56 Å². The van der Waals surface area contributed by atoms with E-state index in [0.717, 1.165) is 10.9 Å². The SMILES string of the molecule is C[P@](=O)(Cc1ccccc1)c1ccccc1. The highest BCUT2D eigenvalue weighted by atomic mass is 31.2. The van der Waals surface area contributed by atoms with Gasteiger partial charge in [0.2, 0.25) is 0 Å². The van der Waals surface area contributed by atoms with Crippen LogP contribution in [0.3, 0.4) is 0 Å². The lowest BCUT2D eigenvalue weighted by molar-refractivity contribution is 0.584. The van der Waals surface area contributed by atoms with Crippen LogP contribution in [-0.4, -0.2) is 6.66 Å². The Kier molecular flexibility index (Phi) is 3.26. The number of hydrogen-bond donors (Lipinski definition) is 0. The maximum atomic E-state index is 12.6. The van der Waals surface area contributed by atoms with Crippen LogP contribution in [0.2, 0.25) is 0 Å². The van der Waals surface area contributed by atoms with Gasteiger partial charge in [-0.3, -0.25) is 0 Å². The lowest BCUT2D eigenvalue weighted by Gasteiger charge is -2.13. The van der Waals surface area contributed by atoms with Crippen LogP contribution in [0.15, 0.2) is 60.7 Å². The molecule has 0 bridgehead atoms. The van der Waals surface area contributed by atoms with Gasteiger partial charge < -0.3 is 4.57 Å². The Labute approximate surface area is 96.5 Å². The highest BCUT2D eigenvalue weighted by Crippen LogP contribution is 2.43. The molecular weight excluding hydrogens is 215 g/mol. The van der Waals surface area contributed by atoms with Crippen molar-refractivity contribution in [3.05, 3.63) is 66.2 Å². The molecule has 1 atom stereocenters. The van der Waals surface area contributed by atoms with Crippen LogP contribution in [-0.2, 0) is 10.7 Å². The molecule has 1 nitrogen and oxygen atoms in total. The zero-order chi connectivity index (χ0) is 11.4. The van der Waals surface area contributed by atoms with Crippen molar-refractivity contribution in [2.24, 2.45) is 0 Å². The monoisotopic (exact) mass is 230 g/mol. The molecule has 2 aromatic carbocycles. The molecule has 0 aliphatic rings. The quantitative estimate of drug-likeness (QED) is 0.737. The average molecular weight is 230 g/mol. The highest BCUT2D eigenvalue weighted by molar-refractivity contribution is 7.70. The molecule has 0 radical (unpaired) electrons. The Balaban J connectivity index is 2.25. The highest BCUT2D eigenvalue weighted by Gasteiger charge is 2.17. The van der Waals surface area contributed by atoms with Gasteiger partial charge in [0, 0.05) is 11.5 Å². The predicted octanol–water partition coefficient (Wildman–Crippen LogP) is 3.51. The van der Waals surface area contributed by atoms with Gasteiger partial charge in [0.15, 0.2) is 0 Å². The van der Waals surface area contributed by atoms with Crippen molar-refractivity contribution >= 4 is 12.4 Å². The van der Waals surface area contributed by atoms with Crippen LogP contribution in [0.4, 0.5) is 0 Å². The van der Waals surface area contributed by atoms with Crippen LogP contribution >= 0.6 is 7.14 Å². The molecule has 0 unspecified atom stereocenters. The molecule has 0 N–H and O–H groups in total. The zero-order valence-electron chi connectivity index (χ0n) is 9.34. The second kappa shape index (κ2) is 4.67. The lowest BCUT2D eigenvalue weighted by atomic mass is 10.2. The van der Waals surface area contributed by atoms with Gasteiger partial charge in [-0.15, -0.1) is 0 Å². The van der Waals surface area contributed by atoms with Crippen LogP contribution < -0.4 is 5.30 Å². The Hall–Kier alpha value is -1.33. The number of rotatable bonds is 3. The fraction of sp³-hybridized carbons (Fsp3) is 0.143. The minimum atomic E-state index is -2.27. The molecule has 0 aliphatic heterocycles. The zero-order valence-corrected chi connectivity index (χ0v) is 10.2. The van der Waals surface area contributed by atoms with Gasteiger partial charge in [-0.1, -0.05) is 60.7 Å². The molecule has 0 fully saturated rings. The van der Waals surface area contributed by atoms with Gasteiger partial charge in [-0.25, -0.2) is 0 Å². The summed E-state index contributed by atoms with van der Waals surface area (Å²) < 4.78 is 12.6. The number of benzene rings is 2. The molecule has 0 aromatic heterocycles. The van der Waals surface area contributed by atoms with Gasteiger partial charge in [0.25, 0.3) is 0 Å². The van der Waals surface area contributed by atoms with E-state index in [1.807, 2.05) is 67.3 Å². The van der Waals surface area contributed by atoms with Crippen molar-refractivity contribution in [2.45, 2.75) is 6.16 Å². The molecule has 0 amide bonds. The van der Waals surface area contributed by atoms with Gasteiger partial charge >= 0.3 is 0 Å². The summed E-state index contributed by atoms with van der Waals surface area (Å²) in [4.78, 5) is 0. The molecule has 0 saturated heterocycles. The van der Waals surface area contributed by atoms with Crippen LogP contribution in [0.25, 0.3) is 0 Å². The molecule has 2 rings (SSSR count). The van der Waals surface area contributed by atoms with E-state index in [0.29, 0.717) is 6.16 Å². The van der Waals surface area contributed by atoms with E-state index < -0.39 is 7.14 Å². The molecule has 16 heavy (non-hydrogen) atoms. The summed E-state index contributed by atoms with van der Waals surface area (Å²) in [6, 6.07) is 19.7. The normalized spacial score (nSPS) is 14.3. The predicted molar refractivity (Wildman–Crippen MR) is 69.8 cm³/mol. The van der Waals surface area contributed by atoms with Crippen molar-refractivity contribution in [1.82, 2.24) is 0 Å². The van der Waals surface area contributed by atoms with Crippen LogP contribution in [0, 0.1) is 0 Å². The van der Waals surface area contributed by atoms with Gasteiger partial charge in [0.05, 0.1) is 0 Å². The topological polar surface area (TPSA) is 17.1 Å². The summed E-state index contributed by atoms with van der Waals surface area (Å²) >= 11 is 0. The van der Waals surface area contributed by atoms with Crippen molar-refractivity contribution in [2.75, 3.05) is 6.66 Å². The summed E-state index contributed by atoms with van der Waals surface area (Å²) in [6.07, 6.45) is 0.637. The van der Waals surface area contributed by atoms with Gasteiger partial charge in [-0.05, 0) is 12.2 Å². The van der Waals surface area contributed by atoms with Crippen molar-refractivity contribution in [1.29, 1.82) is 0 Å². The summed E-state index contributed by atoms with van der Waals surface area (Å²) in [6.45, 7) is 1.86. The Morgan fingerprint density at radius 1 is 0.875 bits per heavy atom. The van der Waals surface area contributed by atoms with Crippen molar-refractivity contribution in [3.63, 3.8) is 0 Å². The first-order valence-corrected chi connectivity index (χ1v) is 7.68. The first-order valence-electron chi connectivity index (χ1n) is 5.34. The molecular formula is C14H15OP. The molecule has 0 heterocycles. The van der Waals surface area contributed by atoms with E-state index in [2.05, 4.69) is 0 Å². The lowest BCUT2D eigenvalue weighted by Crippen LogP contribution is -2.04. The van der Waals surface area contributed by atoms with Gasteiger partial charge in [0.1, 0.15) is 7.14 Å². The molecule has 0 spiro atoms. The minimum absolute atomic E-state index is 0.637. The minimum Gasteiger partial charge on any atom is -0.319 e. The second-order valence-electron chi connectivity index (χ2n) is 4.08. The fourth-order valence-electron chi connectivity index (χ4n) is 1.77. The van der Waals surface area contributed by atoms with E-state index in [1.54, 1.807) is 0 Å². The number of hydrogen-bond acceptors (Lipinski definition) is 1. The first kappa shape index (κ1) is 11.2. The van der Waals surface area contributed by atoms with E-state index in [4.69, 9.17) is 0 Å². The summed E-state index contributed by atoms with van der Waals surface area (Å²) in [7, 11) is -2.27. The van der Waals surface area contributed by atoms with Gasteiger partial charge in [-0.2, -0.15) is 0 Å². The van der Waals surface area contributed by atoms with Crippen molar-refractivity contribution in [3.8, 4) is 0 Å². The molecule has 2 heteroatoms. The maximum Gasteiger partial charge on any atom is 0.116 e. The third-order valence-electron chi connectivity index (χ3n) is 2.63. The Morgan fingerprint density at radius 2 is 1.38 bits per heavy atom. The molecule has 0 aliphatic carbocycles. The smallest absolute Gasteiger partial charge is 0.116 e. The van der Waals surface area contributed by atoms with E-state index in [9.17, 15) is 4.57 Å². The van der Waals surface area contributed by atoms with E-state index in [1.165, 1.54) is 0 Å². The summed E-state index contributed by atoms with van der Waals surface area (Å²) in [5, 5.41) is 0.957. The molecule has 82 valence electrons. The summed E-state index contributed by atoms with van der Waals surface area (Å²) in [5.41, 5.74) is 1.14. The largest absolute Gasteiger partial charge is 0.319 e. The second-order valence-corrected chi connectivity index (χ2v) is 7.11. The van der Waals surface area contributed by atoms with Crippen LogP contribution in [0.5, 0.6) is 0 Å². The average Bonchev–Trinajstić information content (AvgIpc) is 2.31. The fourth-order valence-corrected chi connectivity index (χ4v) is 3.66. The Morgan fingerprint density at radius 3 is 1.94 bits per heavy atom. The standard InChI is InChI=1S/C14H15OP/c1-16(15,14-10-6-3-7-11-14)12-13-8-4-2-5-9-13/h2-11H,12H2,1H3/t16-/m0/s1.